The largest absolute Gasteiger partial charge is 0.477 e. The molecule has 0 bridgehead atoms. The molecule has 0 aromatic carbocycles. The number of nitrogens with one attached hydrogen (secondary N) is 1. The van der Waals surface area contributed by atoms with Crippen molar-refractivity contribution in [2.24, 2.45) is 0 Å². The Morgan fingerprint density at radius 3 is 2.61 bits per heavy atom. The van der Waals surface area contributed by atoms with Crippen LogP contribution in [0, 0.1) is 0 Å². The first-order valence-electron chi connectivity index (χ1n) is 6.12. The topological polar surface area (TPSA) is 79.3 Å². The highest BCUT2D eigenvalue weighted by Gasteiger charge is 2.08. The van der Waals surface area contributed by atoms with E-state index in [1.54, 1.807) is 0 Å². The molecule has 2 N–H and O–H groups in total. The maximum absolute atomic E-state index is 11.7. The molecular weight excluding hydrogens is 232 g/mol. The van der Waals surface area contributed by atoms with E-state index in [0.717, 1.165) is 19.3 Å². The molecule has 1 aromatic heterocycles. The van der Waals surface area contributed by atoms with Crippen molar-refractivity contribution in [2.75, 3.05) is 6.54 Å². The molecule has 0 radical (unpaired) electrons. The summed E-state index contributed by atoms with van der Waals surface area (Å²) < 4.78 is 0. The zero-order valence-electron chi connectivity index (χ0n) is 10.5. The average Bonchev–Trinajstić information content (AvgIpc) is 2.38. The summed E-state index contributed by atoms with van der Waals surface area (Å²) in [5.41, 5.74) is 0.324. The van der Waals surface area contributed by atoms with Crippen LogP contribution < -0.4 is 5.32 Å². The Labute approximate surface area is 106 Å². The summed E-state index contributed by atoms with van der Waals surface area (Å²) in [4.78, 5) is 25.9. The van der Waals surface area contributed by atoms with Crippen LogP contribution in [0.3, 0.4) is 0 Å². The second kappa shape index (κ2) is 7.42. The van der Waals surface area contributed by atoms with E-state index in [-0.39, 0.29) is 11.6 Å². The van der Waals surface area contributed by atoms with Gasteiger partial charge in [0.2, 0.25) is 0 Å². The zero-order chi connectivity index (χ0) is 13.4. The molecule has 0 atom stereocenters. The first kappa shape index (κ1) is 14.2. The molecule has 98 valence electrons. The maximum Gasteiger partial charge on any atom is 0.354 e. The van der Waals surface area contributed by atoms with Crippen LogP contribution in [0.4, 0.5) is 0 Å². The molecule has 1 rings (SSSR count). The molecule has 5 heteroatoms. The van der Waals surface area contributed by atoms with Gasteiger partial charge in [-0.15, -0.1) is 0 Å². The van der Waals surface area contributed by atoms with Crippen LogP contribution in [0.1, 0.15) is 53.5 Å². The van der Waals surface area contributed by atoms with Crippen molar-refractivity contribution in [1.29, 1.82) is 0 Å². The fourth-order valence-corrected chi connectivity index (χ4v) is 1.51. The molecule has 0 aliphatic rings. The van der Waals surface area contributed by atoms with Crippen molar-refractivity contribution < 1.29 is 14.7 Å². The molecule has 1 amide bonds. The van der Waals surface area contributed by atoms with Gasteiger partial charge in [-0.05, 0) is 18.6 Å². The number of amides is 1. The Morgan fingerprint density at radius 1 is 1.28 bits per heavy atom. The SMILES string of the molecule is CCCCCCNC(=O)c1ccc(C(=O)O)nc1. The molecule has 18 heavy (non-hydrogen) atoms. The molecular formula is C13H18N2O3. The predicted octanol–water partition coefficient (Wildman–Crippen LogP) is 2.09. The summed E-state index contributed by atoms with van der Waals surface area (Å²) >= 11 is 0. The molecule has 0 unspecified atom stereocenters. The van der Waals surface area contributed by atoms with Gasteiger partial charge < -0.3 is 10.4 Å². The van der Waals surface area contributed by atoms with E-state index >= 15 is 0 Å². The molecule has 5 nitrogen and oxygen atoms in total. The van der Waals surface area contributed by atoms with Crippen molar-refractivity contribution in [1.82, 2.24) is 10.3 Å². The molecule has 0 spiro atoms. The summed E-state index contributed by atoms with van der Waals surface area (Å²) in [5.74, 6) is -1.31. The standard InChI is InChI=1S/C13H18N2O3/c1-2-3-4-5-8-14-12(16)10-6-7-11(13(17)18)15-9-10/h6-7,9H,2-5,8H2,1H3,(H,14,16)(H,17,18). The number of carboxylic acid groups (broad SMARTS) is 1. The van der Waals surface area contributed by atoms with Crippen molar-refractivity contribution in [3.8, 4) is 0 Å². The minimum atomic E-state index is -1.10. The van der Waals surface area contributed by atoms with Crippen LogP contribution in [0.5, 0.6) is 0 Å². The molecule has 1 aromatic rings. The van der Waals surface area contributed by atoms with Gasteiger partial charge >= 0.3 is 5.97 Å². The number of aromatic carboxylic acids is 1. The Morgan fingerprint density at radius 2 is 2.06 bits per heavy atom. The monoisotopic (exact) mass is 250 g/mol. The number of carbonyl (C=O) groups excluding carboxylic acids is 1. The smallest absolute Gasteiger partial charge is 0.354 e. The summed E-state index contributed by atoms with van der Waals surface area (Å²) in [6.45, 7) is 2.77. The molecule has 0 saturated carbocycles. The van der Waals surface area contributed by atoms with Crippen molar-refractivity contribution in [3.05, 3.63) is 29.6 Å². The zero-order valence-corrected chi connectivity index (χ0v) is 10.5. The number of hydrogen-bond donors (Lipinski definition) is 2. The summed E-state index contributed by atoms with van der Waals surface area (Å²) in [5, 5.41) is 11.5. The van der Waals surface area contributed by atoms with E-state index in [9.17, 15) is 9.59 Å². The van der Waals surface area contributed by atoms with Gasteiger partial charge in [-0.2, -0.15) is 0 Å². The highest BCUT2D eigenvalue weighted by Crippen LogP contribution is 2.01. The average molecular weight is 250 g/mol. The van der Waals surface area contributed by atoms with E-state index < -0.39 is 5.97 Å². The fourth-order valence-electron chi connectivity index (χ4n) is 1.51. The lowest BCUT2D eigenvalue weighted by Crippen LogP contribution is -2.24. The van der Waals surface area contributed by atoms with Crippen LogP contribution in [-0.4, -0.2) is 28.5 Å². The number of hydrogen-bond acceptors (Lipinski definition) is 3. The lowest BCUT2D eigenvalue weighted by atomic mass is 10.2. The number of unbranched alkanes of at least 4 members (excludes halogenated alkanes) is 3. The highest BCUT2D eigenvalue weighted by molar-refractivity contribution is 5.94. The van der Waals surface area contributed by atoms with Gasteiger partial charge in [0.05, 0.1) is 5.56 Å². The van der Waals surface area contributed by atoms with Crippen LogP contribution in [-0.2, 0) is 0 Å². The minimum absolute atomic E-state index is 0.0607. The number of aromatic nitrogens is 1. The Kier molecular flexibility index (Phi) is 5.84. The van der Waals surface area contributed by atoms with E-state index in [4.69, 9.17) is 5.11 Å². The number of nitrogens with zero attached hydrogens (tertiary/aromatic N) is 1. The summed E-state index contributed by atoms with van der Waals surface area (Å²) in [7, 11) is 0. The molecule has 0 aliphatic carbocycles. The first-order chi connectivity index (χ1) is 8.65. The number of pyridine rings is 1. The first-order valence-corrected chi connectivity index (χ1v) is 6.12. The third-order valence-corrected chi connectivity index (χ3v) is 2.56. The van der Waals surface area contributed by atoms with E-state index in [2.05, 4.69) is 17.2 Å². The van der Waals surface area contributed by atoms with Crippen molar-refractivity contribution in [3.63, 3.8) is 0 Å². The molecule has 0 aliphatic heterocycles. The second-order valence-electron chi connectivity index (χ2n) is 4.05. The van der Waals surface area contributed by atoms with Crippen LogP contribution in [0.15, 0.2) is 18.3 Å². The molecule has 1 heterocycles. The third kappa shape index (κ3) is 4.53. The van der Waals surface area contributed by atoms with E-state index in [0.29, 0.717) is 12.1 Å². The fraction of sp³-hybridized carbons (Fsp3) is 0.462. The summed E-state index contributed by atoms with van der Waals surface area (Å²) in [6, 6.07) is 2.80. The van der Waals surface area contributed by atoms with Crippen LogP contribution in [0.25, 0.3) is 0 Å². The second-order valence-corrected chi connectivity index (χ2v) is 4.05. The maximum atomic E-state index is 11.7. The van der Waals surface area contributed by atoms with Gasteiger partial charge in [-0.25, -0.2) is 9.78 Å². The van der Waals surface area contributed by atoms with Gasteiger partial charge in [-0.3, -0.25) is 4.79 Å². The van der Waals surface area contributed by atoms with Crippen LogP contribution in [0.2, 0.25) is 0 Å². The predicted molar refractivity (Wildman–Crippen MR) is 67.7 cm³/mol. The Bertz CT molecular complexity index is 401. The lowest BCUT2D eigenvalue weighted by molar-refractivity contribution is 0.0689. The number of rotatable bonds is 7. The Balaban J connectivity index is 2.39. The van der Waals surface area contributed by atoms with E-state index in [1.807, 2.05) is 0 Å². The molecule has 0 saturated heterocycles. The normalized spacial score (nSPS) is 10.1. The van der Waals surface area contributed by atoms with Gasteiger partial charge in [0, 0.05) is 12.7 Å². The minimum Gasteiger partial charge on any atom is -0.477 e. The Hall–Kier alpha value is -1.91. The van der Waals surface area contributed by atoms with Crippen molar-refractivity contribution in [2.45, 2.75) is 32.6 Å². The third-order valence-electron chi connectivity index (χ3n) is 2.56. The molecule has 0 fully saturated rings. The van der Waals surface area contributed by atoms with Gasteiger partial charge in [-0.1, -0.05) is 26.2 Å². The van der Waals surface area contributed by atoms with Gasteiger partial charge in [0.25, 0.3) is 5.91 Å². The quantitative estimate of drug-likeness (QED) is 0.726. The number of carboxylic acids is 1. The highest BCUT2D eigenvalue weighted by atomic mass is 16.4. The van der Waals surface area contributed by atoms with Gasteiger partial charge in [0.1, 0.15) is 5.69 Å². The lowest BCUT2D eigenvalue weighted by Gasteiger charge is -2.04. The summed E-state index contributed by atoms with van der Waals surface area (Å²) in [6.07, 6.45) is 5.68. The number of carbonyl (C=O) groups is 2. The van der Waals surface area contributed by atoms with Crippen molar-refractivity contribution >= 4 is 11.9 Å². The van der Waals surface area contributed by atoms with E-state index in [1.165, 1.54) is 24.8 Å². The van der Waals surface area contributed by atoms with Gasteiger partial charge in [0.15, 0.2) is 0 Å². The van der Waals surface area contributed by atoms with Crippen LogP contribution >= 0.6 is 0 Å².